The molecule has 0 aromatic heterocycles. The quantitative estimate of drug-likeness (QED) is 0.0261. The first-order valence-corrected chi connectivity index (χ1v) is 35.4. The smallest absolute Gasteiger partial charge is 0.306 e. The molecule has 0 amide bonds. The molecule has 0 fully saturated rings. The normalized spacial score (nSPS) is 12.5. The predicted molar refractivity (Wildman–Crippen MR) is 353 cm³/mol. The lowest BCUT2D eigenvalue weighted by Crippen LogP contribution is -2.30. The second kappa shape index (κ2) is 69.3. The molecule has 0 heterocycles. The van der Waals surface area contributed by atoms with Crippen LogP contribution in [-0.4, -0.2) is 37.2 Å². The molecule has 6 heteroatoms. The van der Waals surface area contributed by atoms with Gasteiger partial charge < -0.3 is 14.2 Å². The Kier molecular flexibility index (Phi) is 66.6. The second-order valence-corrected chi connectivity index (χ2v) is 23.8. The lowest BCUT2D eigenvalue weighted by Gasteiger charge is -2.18. The van der Waals surface area contributed by atoms with Crippen LogP contribution < -0.4 is 0 Å². The van der Waals surface area contributed by atoms with E-state index in [0.29, 0.717) is 19.3 Å². The fourth-order valence-electron chi connectivity index (χ4n) is 10.4. The van der Waals surface area contributed by atoms with Crippen molar-refractivity contribution in [3.05, 3.63) is 72.9 Å². The van der Waals surface area contributed by atoms with Crippen molar-refractivity contribution >= 4 is 17.9 Å². The predicted octanol–water partition coefficient (Wildman–Crippen LogP) is 24.4. The van der Waals surface area contributed by atoms with E-state index < -0.39 is 6.10 Å². The molecule has 0 aromatic rings. The van der Waals surface area contributed by atoms with Gasteiger partial charge in [0.1, 0.15) is 13.2 Å². The number of esters is 3. The third-order valence-corrected chi connectivity index (χ3v) is 15.7. The van der Waals surface area contributed by atoms with E-state index in [1.54, 1.807) is 0 Å². The summed E-state index contributed by atoms with van der Waals surface area (Å²) in [6.45, 7) is 6.49. The number of unbranched alkanes of at least 4 members (excludes halogenated alkanes) is 42. The van der Waals surface area contributed by atoms with Crippen LogP contribution in [0.3, 0.4) is 0 Å². The van der Waals surface area contributed by atoms with Crippen molar-refractivity contribution < 1.29 is 28.6 Å². The Hall–Kier alpha value is -3.15. The molecule has 1 unspecified atom stereocenters. The van der Waals surface area contributed by atoms with Gasteiger partial charge in [-0.3, -0.25) is 14.4 Å². The second-order valence-electron chi connectivity index (χ2n) is 23.8. The number of hydrogen-bond acceptors (Lipinski definition) is 6. The minimum Gasteiger partial charge on any atom is -0.462 e. The van der Waals surface area contributed by atoms with Crippen LogP contribution in [0.4, 0.5) is 0 Å². The molecule has 0 saturated carbocycles. The molecule has 0 N–H and O–H groups in total. The van der Waals surface area contributed by atoms with Crippen LogP contribution in [0.15, 0.2) is 72.9 Å². The summed E-state index contributed by atoms with van der Waals surface area (Å²) in [4.78, 5) is 38.0. The molecule has 470 valence electrons. The Morgan fingerprint density at radius 1 is 0.259 bits per heavy atom. The summed E-state index contributed by atoms with van der Waals surface area (Å²) in [6, 6.07) is 0. The molecule has 1 atom stereocenters. The van der Waals surface area contributed by atoms with Crippen molar-refractivity contribution in [1.29, 1.82) is 0 Å². The molecule has 0 aliphatic carbocycles. The molecule has 6 nitrogen and oxygen atoms in total. The maximum Gasteiger partial charge on any atom is 0.306 e. The summed E-state index contributed by atoms with van der Waals surface area (Å²) in [6.07, 6.45) is 91.4. The number of carbonyl (C=O) groups excluding carboxylic acids is 3. The van der Waals surface area contributed by atoms with Crippen molar-refractivity contribution in [3.8, 4) is 0 Å². The molecule has 0 aliphatic rings. The van der Waals surface area contributed by atoms with Crippen molar-refractivity contribution in [2.45, 2.75) is 374 Å². The van der Waals surface area contributed by atoms with E-state index in [1.165, 1.54) is 231 Å². The Labute approximate surface area is 503 Å². The van der Waals surface area contributed by atoms with Crippen molar-refractivity contribution in [3.63, 3.8) is 0 Å². The molecule has 0 radical (unpaired) electrons. The van der Waals surface area contributed by atoms with Crippen LogP contribution in [-0.2, 0) is 28.6 Å². The van der Waals surface area contributed by atoms with Crippen LogP contribution in [0, 0.1) is 0 Å². The van der Waals surface area contributed by atoms with Gasteiger partial charge in [-0.1, -0.05) is 331 Å². The number of rotatable bonds is 65. The van der Waals surface area contributed by atoms with Crippen molar-refractivity contribution in [1.82, 2.24) is 0 Å². The van der Waals surface area contributed by atoms with Crippen LogP contribution >= 0.6 is 0 Å². The SMILES string of the molecule is CC/C=C\C/C=C\C/C=C\C/C=C\C/C=C\CCCCCCCCCCCCCCCCCCCCCC(=O)OCC(COC(=O)CCCCCCC)OC(=O)CCCCCCCCCCCCC/C=C\CCCCCCCCCC. The summed E-state index contributed by atoms with van der Waals surface area (Å²) in [5.74, 6) is -0.865. The largest absolute Gasteiger partial charge is 0.462 e. The molecular formula is C75H134O6. The zero-order chi connectivity index (χ0) is 58.5. The molecule has 0 spiro atoms. The molecule has 0 aliphatic heterocycles. The topological polar surface area (TPSA) is 78.9 Å². The van der Waals surface area contributed by atoms with E-state index in [4.69, 9.17) is 14.2 Å². The lowest BCUT2D eigenvalue weighted by molar-refractivity contribution is -0.167. The highest BCUT2D eigenvalue weighted by Crippen LogP contribution is 2.18. The zero-order valence-electron chi connectivity index (χ0n) is 54.1. The van der Waals surface area contributed by atoms with E-state index in [9.17, 15) is 14.4 Å². The molecule has 0 bridgehead atoms. The van der Waals surface area contributed by atoms with Gasteiger partial charge in [-0.25, -0.2) is 0 Å². The minimum atomic E-state index is -0.769. The summed E-state index contributed by atoms with van der Waals surface area (Å²) in [7, 11) is 0. The molecular weight excluding hydrogens is 997 g/mol. The lowest BCUT2D eigenvalue weighted by atomic mass is 10.0. The van der Waals surface area contributed by atoms with E-state index in [-0.39, 0.29) is 31.1 Å². The molecule has 0 aromatic carbocycles. The number of ether oxygens (including phenoxy) is 3. The maximum atomic E-state index is 12.9. The Bertz CT molecular complexity index is 1490. The Balaban J connectivity index is 3.91. The van der Waals surface area contributed by atoms with Crippen LogP contribution in [0.5, 0.6) is 0 Å². The van der Waals surface area contributed by atoms with Gasteiger partial charge in [-0.15, -0.1) is 0 Å². The zero-order valence-corrected chi connectivity index (χ0v) is 54.1. The number of carbonyl (C=O) groups is 3. The van der Waals surface area contributed by atoms with Crippen molar-refractivity contribution in [2.24, 2.45) is 0 Å². The summed E-state index contributed by atoms with van der Waals surface area (Å²) >= 11 is 0. The van der Waals surface area contributed by atoms with Gasteiger partial charge >= 0.3 is 17.9 Å². The van der Waals surface area contributed by atoms with Gasteiger partial charge in [0.2, 0.25) is 0 Å². The molecule has 0 saturated heterocycles. The highest BCUT2D eigenvalue weighted by molar-refractivity contribution is 5.71. The van der Waals surface area contributed by atoms with Crippen LogP contribution in [0.25, 0.3) is 0 Å². The number of allylic oxidation sites excluding steroid dienone is 12. The van der Waals surface area contributed by atoms with Gasteiger partial charge in [-0.05, 0) is 89.9 Å². The van der Waals surface area contributed by atoms with Crippen LogP contribution in [0.1, 0.15) is 367 Å². The first-order valence-electron chi connectivity index (χ1n) is 35.4. The van der Waals surface area contributed by atoms with Gasteiger partial charge in [0.05, 0.1) is 0 Å². The molecule has 0 rings (SSSR count). The summed E-state index contributed by atoms with van der Waals surface area (Å²) in [5, 5.41) is 0. The van der Waals surface area contributed by atoms with E-state index in [0.717, 1.165) is 96.3 Å². The fourth-order valence-corrected chi connectivity index (χ4v) is 10.4. The van der Waals surface area contributed by atoms with Gasteiger partial charge in [0, 0.05) is 19.3 Å². The summed E-state index contributed by atoms with van der Waals surface area (Å²) in [5.41, 5.74) is 0. The van der Waals surface area contributed by atoms with Gasteiger partial charge in [0.15, 0.2) is 6.10 Å². The van der Waals surface area contributed by atoms with Crippen LogP contribution in [0.2, 0.25) is 0 Å². The molecule has 81 heavy (non-hydrogen) atoms. The average Bonchev–Trinajstić information content (AvgIpc) is 3.47. The van der Waals surface area contributed by atoms with Gasteiger partial charge in [0.25, 0.3) is 0 Å². The Morgan fingerprint density at radius 3 is 0.765 bits per heavy atom. The highest BCUT2D eigenvalue weighted by atomic mass is 16.6. The third kappa shape index (κ3) is 67.5. The fraction of sp³-hybridized carbons (Fsp3) is 0.800. The van der Waals surface area contributed by atoms with Crippen molar-refractivity contribution in [2.75, 3.05) is 13.2 Å². The van der Waals surface area contributed by atoms with E-state index in [1.807, 2.05) is 0 Å². The highest BCUT2D eigenvalue weighted by Gasteiger charge is 2.19. The van der Waals surface area contributed by atoms with Gasteiger partial charge in [-0.2, -0.15) is 0 Å². The maximum absolute atomic E-state index is 12.9. The average molecular weight is 1130 g/mol. The van der Waals surface area contributed by atoms with E-state index in [2.05, 4.69) is 93.7 Å². The minimum absolute atomic E-state index is 0.0703. The first-order chi connectivity index (χ1) is 40.0. The monoisotopic (exact) mass is 1130 g/mol. The number of hydrogen-bond donors (Lipinski definition) is 0. The van der Waals surface area contributed by atoms with E-state index >= 15 is 0 Å². The summed E-state index contributed by atoms with van der Waals surface area (Å²) < 4.78 is 16.8. The third-order valence-electron chi connectivity index (χ3n) is 15.7. The Morgan fingerprint density at radius 2 is 0.481 bits per heavy atom. The standard InChI is InChI=1S/C75H134O6/c1-4-7-10-13-15-17-19-21-23-25-27-29-31-32-33-34-35-36-37-38-39-40-41-42-44-45-47-49-51-53-55-57-59-62-65-68-74(77)80-71-72(70-79-73(76)67-64-61-12-9-6-3)81-75(78)69-66-63-60-58-56-54-52-50-48-46-43-30-28-26-24-22-20-18-16-14-11-8-5-2/h7,10,15,17,21,23,26-29,32-33,72H,4-6,8-9,11-14,16,18-20,22,24-25,30-31,34-71H2,1-3H3/b10-7-,17-15-,23-21-,28-26-,29-27-,33-32-. The first kappa shape index (κ1) is 77.9.